The van der Waals surface area contributed by atoms with Gasteiger partial charge in [-0.3, -0.25) is 0 Å². The molecule has 4 nitrogen and oxygen atoms in total. The summed E-state index contributed by atoms with van der Waals surface area (Å²) in [6.45, 7) is 4.33. The Morgan fingerprint density at radius 3 is 2.58 bits per heavy atom. The molecule has 1 aliphatic rings. The van der Waals surface area contributed by atoms with Crippen molar-refractivity contribution in [3.63, 3.8) is 0 Å². The van der Waals surface area contributed by atoms with Gasteiger partial charge in [-0.25, -0.2) is 0 Å². The Morgan fingerprint density at radius 2 is 1.95 bits per heavy atom. The van der Waals surface area contributed by atoms with Gasteiger partial charge >= 0.3 is 0 Å². The molecular formula is C15H32N2O2. The van der Waals surface area contributed by atoms with E-state index >= 15 is 0 Å². The Bertz CT molecular complexity index is 218. The topological polar surface area (TPSA) is 44.7 Å². The summed E-state index contributed by atoms with van der Waals surface area (Å²) < 4.78 is 5.78. The summed E-state index contributed by atoms with van der Waals surface area (Å²) in [4.78, 5) is 2.18. The highest BCUT2D eigenvalue weighted by atomic mass is 16.5. The Morgan fingerprint density at radius 1 is 1.26 bits per heavy atom. The number of aliphatic hydroxyl groups is 1. The molecule has 4 heteroatoms. The number of nitrogens with zero attached hydrogens (tertiary/aromatic N) is 1. The van der Waals surface area contributed by atoms with Crippen LogP contribution in [0.3, 0.4) is 0 Å². The van der Waals surface area contributed by atoms with E-state index in [0.717, 1.165) is 13.0 Å². The summed E-state index contributed by atoms with van der Waals surface area (Å²) in [6, 6.07) is 0.437. The van der Waals surface area contributed by atoms with E-state index in [2.05, 4.69) is 31.2 Å². The van der Waals surface area contributed by atoms with Crippen molar-refractivity contribution in [2.24, 2.45) is 0 Å². The van der Waals surface area contributed by atoms with Crippen LogP contribution in [-0.2, 0) is 4.74 Å². The largest absolute Gasteiger partial charge is 0.389 e. The highest BCUT2D eigenvalue weighted by Gasteiger charge is 2.15. The molecule has 1 aliphatic carbocycles. The minimum atomic E-state index is -0.385. The lowest BCUT2D eigenvalue weighted by atomic mass is 9.98. The summed E-state index contributed by atoms with van der Waals surface area (Å²) in [5, 5.41) is 13.3. The van der Waals surface area contributed by atoms with Crippen molar-refractivity contribution < 1.29 is 9.84 Å². The molecule has 114 valence electrons. The molecular weight excluding hydrogens is 240 g/mol. The van der Waals surface area contributed by atoms with Crippen molar-refractivity contribution in [3.05, 3.63) is 0 Å². The van der Waals surface area contributed by atoms with E-state index < -0.39 is 0 Å². The summed E-state index contributed by atoms with van der Waals surface area (Å²) in [5.74, 6) is 0. The summed E-state index contributed by atoms with van der Waals surface area (Å²) >= 11 is 0. The van der Waals surface area contributed by atoms with E-state index in [-0.39, 0.29) is 6.10 Å². The first-order valence-electron chi connectivity index (χ1n) is 7.75. The Hall–Kier alpha value is -0.160. The number of aliphatic hydroxyl groups excluding tert-OH is 1. The van der Waals surface area contributed by atoms with Crippen molar-refractivity contribution in [1.29, 1.82) is 0 Å². The highest BCUT2D eigenvalue weighted by molar-refractivity contribution is 4.69. The zero-order valence-corrected chi connectivity index (χ0v) is 12.9. The Kier molecular flexibility index (Phi) is 8.62. The van der Waals surface area contributed by atoms with Gasteiger partial charge in [0.2, 0.25) is 0 Å². The molecule has 2 atom stereocenters. The van der Waals surface area contributed by atoms with Gasteiger partial charge in [0.25, 0.3) is 0 Å². The van der Waals surface area contributed by atoms with Crippen molar-refractivity contribution in [2.75, 3.05) is 33.8 Å². The molecule has 0 aromatic rings. The number of ether oxygens (including phenoxy) is 1. The molecule has 2 N–H and O–H groups in total. The van der Waals surface area contributed by atoms with Crippen LogP contribution in [0.5, 0.6) is 0 Å². The van der Waals surface area contributed by atoms with E-state index in [9.17, 15) is 5.11 Å². The molecule has 1 saturated carbocycles. The van der Waals surface area contributed by atoms with Crippen molar-refractivity contribution in [1.82, 2.24) is 10.2 Å². The van der Waals surface area contributed by atoms with Crippen LogP contribution in [0.4, 0.5) is 0 Å². The van der Waals surface area contributed by atoms with E-state index in [1.807, 2.05) is 0 Å². The van der Waals surface area contributed by atoms with Crippen LogP contribution in [0.2, 0.25) is 0 Å². The summed E-state index contributed by atoms with van der Waals surface area (Å²) in [6.07, 6.45) is 7.33. The zero-order chi connectivity index (χ0) is 14.1. The first kappa shape index (κ1) is 16.9. The van der Waals surface area contributed by atoms with Gasteiger partial charge in [-0.2, -0.15) is 0 Å². The molecule has 0 heterocycles. The van der Waals surface area contributed by atoms with Crippen molar-refractivity contribution in [3.8, 4) is 0 Å². The number of nitrogens with one attached hydrogen (secondary N) is 1. The summed E-state index contributed by atoms with van der Waals surface area (Å²) in [7, 11) is 4.17. The SMILES string of the molecule is CC(CCN(C)C)NCC(O)COC1CCCCC1. The second kappa shape index (κ2) is 9.70. The smallest absolute Gasteiger partial charge is 0.0897 e. The maximum Gasteiger partial charge on any atom is 0.0897 e. The second-order valence-corrected chi connectivity index (χ2v) is 6.15. The van der Waals surface area contributed by atoms with Crippen LogP contribution in [0.1, 0.15) is 45.4 Å². The third-order valence-corrected chi connectivity index (χ3v) is 3.79. The highest BCUT2D eigenvalue weighted by Crippen LogP contribution is 2.20. The molecule has 0 bridgehead atoms. The maximum absolute atomic E-state index is 9.91. The molecule has 0 spiro atoms. The normalized spacial score (nSPS) is 20.7. The van der Waals surface area contributed by atoms with Gasteiger partial charge in [0.15, 0.2) is 0 Å². The molecule has 1 fully saturated rings. The third-order valence-electron chi connectivity index (χ3n) is 3.79. The van der Waals surface area contributed by atoms with Crippen molar-refractivity contribution in [2.45, 2.75) is 63.7 Å². The fraction of sp³-hybridized carbons (Fsp3) is 1.00. The van der Waals surface area contributed by atoms with Crippen LogP contribution < -0.4 is 5.32 Å². The van der Waals surface area contributed by atoms with Crippen LogP contribution in [0, 0.1) is 0 Å². The average Bonchev–Trinajstić information content (AvgIpc) is 2.41. The molecule has 0 saturated heterocycles. The molecule has 1 rings (SSSR count). The van der Waals surface area contributed by atoms with Gasteiger partial charge in [-0.1, -0.05) is 19.3 Å². The molecule has 2 unspecified atom stereocenters. The predicted molar refractivity (Wildman–Crippen MR) is 79.5 cm³/mol. The monoisotopic (exact) mass is 272 g/mol. The van der Waals surface area contributed by atoms with E-state index in [1.165, 1.54) is 32.1 Å². The van der Waals surface area contributed by atoms with Gasteiger partial charge in [0.1, 0.15) is 0 Å². The van der Waals surface area contributed by atoms with Gasteiger partial charge in [-0.05, 0) is 46.8 Å². The number of hydrogen-bond donors (Lipinski definition) is 2. The van der Waals surface area contributed by atoms with Crippen LogP contribution in [-0.4, -0.2) is 62.0 Å². The number of hydrogen-bond acceptors (Lipinski definition) is 4. The van der Waals surface area contributed by atoms with Gasteiger partial charge in [0, 0.05) is 12.6 Å². The molecule has 0 radical (unpaired) electrons. The fourth-order valence-corrected chi connectivity index (χ4v) is 2.43. The standard InChI is InChI=1S/C15H32N2O2/c1-13(9-10-17(2)3)16-11-14(18)12-19-15-7-5-4-6-8-15/h13-16,18H,4-12H2,1-3H3. The second-order valence-electron chi connectivity index (χ2n) is 6.15. The summed E-state index contributed by atoms with van der Waals surface area (Å²) in [5.41, 5.74) is 0. The van der Waals surface area contributed by atoms with Gasteiger partial charge < -0.3 is 20.1 Å². The van der Waals surface area contributed by atoms with Gasteiger partial charge in [0.05, 0.1) is 18.8 Å². The maximum atomic E-state index is 9.91. The Labute approximate surface area is 118 Å². The van der Waals surface area contributed by atoms with Gasteiger partial charge in [-0.15, -0.1) is 0 Å². The quantitative estimate of drug-likeness (QED) is 0.669. The lowest BCUT2D eigenvalue weighted by Crippen LogP contribution is -2.38. The third kappa shape index (κ3) is 8.58. The van der Waals surface area contributed by atoms with E-state index in [4.69, 9.17) is 4.74 Å². The van der Waals surface area contributed by atoms with Crippen LogP contribution in [0.15, 0.2) is 0 Å². The van der Waals surface area contributed by atoms with E-state index in [0.29, 0.717) is 25.3 Å². The van der Waals surface area contributed by atoms with Crippen molar-refractivity contribution >= 4 is 0 Å². The Balaban J connectivity index is 2.01. The molecule has 0 aromatic heterocycles. The first-order chi connectivity index (χ1) is 9.08. The van der Waals surface area contributed by atoms with Crippen LogP contribution in [0.25, 0.3) is 0 Å². The van der Waals surface area contributed by atoms with Crippen LogP contribution >= 0.6 is 0 Å². The average molecular weight is 272 g/mol. The number of rotatable bonds is 9. The minimum Gasteiger partial charge on any atom is -0.389 e. The van der Waals surface area contributed by atoms with E-state index in [1.54, 1.807) is 0 Å². The first-order valence-corrected chi connectivity index (χ1v) is 7.75. The molecule has 0 aromatic carbocycles. The lowest BCUT2D eigenvalue weighted by Gasteiger charge is -2.24. The fourth-order valence-electron chi connectivity index (χ4n) is 2.43. The predicted octanol–water partition coefficient (Wildman–Crippen LogP) is 1.63. The minimum absolute atomic E-state index is 0.384. The lowest BCUT2D eigenvalue weighted by molar-refractivity contribution is -0.0235. The molecule has 19 heavy (non-hydrogen) atoms. The zero-order valence-electron chi connectivity index (χ0n) is 12.9. The molecule has 0 amide bonds. The molecule has 0 aliphatic heterocycles.